The van der Waals surface area contributed by atoms with Crippen molar-refractivity contribution < 1.29 is 14.5 Å². The van der Waals surface area contributed by atoms with Crippen molar-refractivity contribution in [2.75, 3.05) is 45.2 Å². The summed E-state index contributed by atoms with van der Waals surface area (Å²) in [5.41, 5.74) is 1.01. The Morgan fingerprint density at radius 3 is 2.48 bits per heavy atom. The molecule has 8 nitrogen and oxygen atoms in total. The fraction of sp³-hybridized carbons (Fsp3) is 0.333. The number of nitro groups is 1. The molecule has 0 unspecified atom stereocenters. The van der Waals surface area contributed by atoms with Gasteiger partial charge in [0.15, 0.2) is 5.78 Å². The standard InChI is InChI=1S/C21H24N4O4/c1-23(2)18-9-8-15(14-19(18)25(28)29)20(26)16-6-3-4-7-17(16)21(27)24-12-5-10-22-11-13-24/h3-4,6-9,14,22H,5,10-13H2,1-2H3. The fourth-order valence-corrected chi connectivity index (χ4v) is 3.43. The largest absolute Gasteiger partial charge is 0.372 e. The van der Waals surface area contributed by atoms with E-state index in [1.54, 1.807) is 60.3 Å². The van der Waals surface area contributed by atoms with Crippen molar-refractivity contribution in [1.82, 2.24) is 10.2 Å². The van der Waals surface area contributed by atoms with Gasteiger partial charge in [-0.1, -0.05) is 18.2 Å². The summed E-state index contributed by atoms with van der Waals surface area (Å²) in [6.07, 6.45) is 0.847. The molecule has 0 spiro atoms. The highest BCUT2D eigenvalue weighted by Crippen LogP contribution is 2.29. The molecule has 1 amide bonds. The summed E-state index contributed by atoms with van der Waals surface area (Å²) < 4.78 is 0. The quantitative estimate of drug-likeness (QED) is 0.473. The summed E-state index contributed by atoms with van der Waals surface area (Å²) in [6, 6.07) is 11.0. The highest BCUT2D eigenvalue weighted by molar-refractivity contribution is 6.15. The van der Waals surface area contributed by atoms with Gasteiger partial charge in [0.05, 0.1) is 10.5 Å². The number of hydrogen-bond donors (Lipinski definition) is 1. The van der Waals surface area contributed by atoms with Crippen molar-refractivity contribution in [2.24, 2.45) is 0 Å². The fourth-order valence-electron chi connectivity index (χ4n) is 3.43. The van der Waals surface area contributed by atoms with Crippen molar-refractivity contribution >= 4 is 23.1 Å². The van der Waals surface area contributed by atoms with Crippen molar-refractivity contribution in [3.63, 3.8) is 0 Å². The average molecular weight is 396 g/mol. The lowest BCUT2D eigenvalue weighted by molar-refractivity contribution is -0.384. The maximum atomic E-state index is 13.2. The van der Waals surface area contributed by atoms with Crippen LogP contribution in [0.3, 0.4) is 0 Å². The van der Waals surface area contributed by atoms with E-state index in [0.29, 0.717) is 30.9 Å². The van der Waals surface area contributed by atoms with Crippen LogP contribution in [0, 0.1) is 10.1 Å². The topological polar surface area (TPSA) is 95.8 Å². The Labute approximate surface area is 169 Å². The van der Waals surface area contributed by atoms with Crippen LogP contribution >= 0.6 is 0 Å². The maximum Gasteiger partial charge on any atom is 0.293 e. The van der Waals surface area contributed by atoms with E-state index >= 15 is 0 Å². The van der Waals surface area contributed by atoms with Crippen LogP contribution in [0.4, 0.5) is 11.4 Å². The number of carbonyl (C=O) groups excluding carboxylic acids is 2. The number of nitrogens with one attached hydrogen (secondary N) is 1. The molecule has 0 aliphatic carbocycles. The van der Waals surface area contributed by atoms with Crippen molar-refractivity contribution in [3.8, 4) is 0 Å². The predicted octanol–water partition coefficient (Wildman–Crippen LogP) is 2.33. The number of nitrogens with zero attached hydrogens (tertiary/aromatic N) is 3. The molecule has 2 aromatic rings. The summed E-state index contributed by atoms with van der Waals surface area (Å²) in [5.74, 6) is -0.604. The molecule has 1 saturated heterocycles. The van der Waals surface area contributed by atoms with Crippen LogP contribution in [-0.2, 0) is 0 Å². The normalized spacial score (nSPS) is 14.2. The molecule has 2 aromatic carbocycles. The number of hydrogen-bond acceptors (Lipinski definition) is 6. The summed E-state index contributed by atoms with van der Waals surface area (Å²) >= 11 is 0. The molecule has 1 aliphatic rings. The molecule has 1 heterocycles. The first-order chi connectivity index (χ1) is 13.9. The van der Waals surface area contributed by atoms with E-state index < -0.39 is 10.7 Å². The van der Waals surface area contributed by atoms with E-state index in [4.69, 9.17) is 0 Å². The lowest BCUT2D eigenvalue weighted by atomic mass is 9.96. The minimum absolute atomic E-state index is 0.150. The van der Waals surface area contributed by atoms with Crippen LogP contribution in [0.15, 0.2) is 42.5 Å². The van der Waals surface area contributed by atoms with Gasteiger partial charge in [0, 0.05) is 50.9 Å². The Balaban J connectivity index is 1.97. The number of rotatable bonds is 5. The molecule has 1 N–H and O–H groups in total. The van der Waals surface area contributed by atoms with Crippen LogP contribution in [-0.4, -0.2) is 61.8 Å². The second-order valence-corrected chi connectivity index (χ2v) is 7.13. The van der Waals surface area contributed by atoms with E-state index in [9.17, 15) is 19.7 Å². The van der Waals surface area contributed by atoms with E-state index in [0.717, 1.165) is 13.0 Å². The Morgan fingerprint density at radius 2 is 1.79 bits per heavy atom. The van der Waals surface area contributed by atoms with E-state index in [-0.39, 0.29) is 22.7 Å². The average Bonchev–Trinajstić information content (AvgIpc) is 3.01. The molecule has 3 rings (SSSR count). The third-order valence-corrected chi connectivity index (χ3v) is 4.95. The first-order valence-electron chi connectivity index (χ1n) is 9.49. The number of amides is 1. The molecule has 0 radical (unpaired) electrons. The molecule has 29 heavy (non-hydrogen) atoms. The summed E-state index contributed by atoms with van der Waals surface area (Å²) in [7, 11) is 3.40. The second-order valence-electron chi connectivity index (χ2n) is 7.13. The summed E-state index contributed by atoms with van der Waals surface area (Å²) in [5, 5.41) is 14.7. The predicted molar refractivity (Wildman–Crippen MR) is 111 cm³/mol. The third kappa shape index (κ3) is 4.43. The zero-order valence-electron chi connectivity index (χ0n) is 16.6. The van der Waals surface area contributed by atoms with Crippen LogP contribution < -0.4 is 10.2 Å². The molecule has 1 fully saturated rings. The monoisotopic (exact) mass is 396 g/mol. The molecule has 8 heteroatoms. The molecule has 1 aliphatic heterocycles. The second kappa shape index (κ2) is 8.83. The molecule has 0 saturated carbocycles. The van der Waals surface area contributed by atoms with E-state index in [2.05, 4.69) is 5.32 Å². The van der Waals surface area contributed by atoms with Gasteiger partial charge in [-0.2, -0.15) is 0 Å². The molecular weight excluding hydrogens is 372 g/mol. The minimum atomic E-state index is -0.507. The Kier molecular flexibility index (Phi) is 6.23. The molecular formula is C21H24N4O4. The van der Waals surface area contributed by atoms with Gasteiger partial charge in [0.25, 0.3) is 11.6 Å². The zero-order valence-corrected chi connectivity index (χ0v) is 16.6. The summed E-state index contributed by atoms with van der Waals surface area (Å²) in [4.78, 5) is 40.5. The lowest BCUT2D eigenvalue weighted by Gasteiger charge is -2.21. The van der Waals surface area contributed by atoms with Gasteiger partial charge in [-0.15, -0.1) is 0 Å². The van der Waals surface area contributed by atoms with E-state index in [1.807, 2.05) is 0 Å². The van der Waals surface area contributed by atoms with Crippen LogP contribution in [0.1, 0.15) is 32.7 Å². The minimum Gasteiger partial charge on any atom is -0.372 e. The van der Waals surface area contributed by atoms with Gasteiger partial charge in [0.2, 0.25) is 0 Å². The van der Waals surface area contributed by atoms with Crippen LogP contribution in [0.5, 0.6) is 0 Å². The number of nitro benzene ring substituents is 1. The smallest absolute Gasteiger partial charge is 0.293 e. The van der Waals surface area contributed by atoms with E-state index in [1.165, 1.54) is 6.07 Å². The number of anilines is 1. The SMILES string of the molecule is CN(C)c1ccc(C(=O)c2ccccc2C(=O)N2CCCNCC2)cc1[N+](=O)[O-]. The molecule has 0 aromatic heterocycles. The Morgan fingerprint density at radius 1 is 1.07 bits per heavy atom. The van der Waals surface area contributed by atoms with Gasteiger partial charge in [-0.25, -0.2) is 0 Å². The molecule has 152 valence electrons. The van der Waals surface area contributed by atoms with Crippen LogP contribution in [0.2, 0.25) is 0 Å². The Bertz CT molecular complexity index is 934. The van der Waals surface area contributed by atoms with Gasteiger partial charge in [-0.05, 0) is 31.2 Å². The van der Waals surface area contributed by atoms with Crippen molar-refractivity contribution in [3.05, 3.63) is 69.3 Å². The van der Waals surface area contributed by atoms with Gasteiger partial charge < -0.3 is 15.1 Å². The number of benzene rings is 2. The zero-order chi connectivity index (χ0) is 21.0. The maximum absolute atomic E-state index is 13.2. The number of carbonyl (C=O) groups is 2. The summed E-state index contributed by atoms with van der Waals surface area (Å²) in [6.45, 7) is 2.76. The van der Waals surface area contributed by atoms with Gasteiger partial charge >= 0.3 is 0 Å². The highest BCUT2D eigenvalue weighted by atomic mass is 16.6. The molecule has 0 bridgehead atoms. The number of ketones is 1. The first kappa shape index (κ1) is 20.5. The van der Waals surface area contributed by atoms with Gasteiger partial charge in [0.1, 0.15) is 5.69 Å². The van der Waals surface area contributed by atoms with Gasteiger partial charge in [-0.3, -0.25) is 19.7 Å². The Hall–Kier alpha value is -3.26. The third-order valence-electron chi connectivity index (χ3n) is 4.95. The van der Waals surface area contributed by atoms with Crippen LogP contribution in [0.25, 0.3) is 0 Å². The highest BCUT2D eigenvalue weighted by Gasteiger charge is 2.25. The molecule has 0 atom stereocenters. The first-order valence-corrected chi connectivity index (χ1v) is 9.49. The van der Waals surface area contributed by atoms with Crippen molar-refractivity contribution in [2.45, 2.75) is 6.42 Å². The van der Waals surface area contributed by atoms with Crippen molar-refractivity contribution in [1.29, 1.82) is 0 Å². The lowest BCUT2D eigenvalue weighted by Crippen LogP contribution is -2.35.